The third-order valence-corrected chi connectivity index (χ3v) is 4.61. The molecule has 5 nitrogen and oxygen atoms in total. The third-order valence-electron chi connectivity index (χ3n) is 4.61. The number of carbonyl (C=O) groups is 1. The number of ether oxygens (including phenoxy) is 1. The highest BCUT2D eigenvalue weighted by molar-refractivity contribution is 5.73. The minimum Gasteiger partial charge on any atom is -0.508 e. The highest BCUT2D eigenvalue weighted by Crippen LogP contribution is 2.39. The fraction of sp³-hybridized carbons (Fsp3) is 0.409. The van der Waals surface area contributed by atoms with Gasteiger partial charge in [-0.3, -0.25) is 4.79 Å². The molecular formula is C22H29NO4. The van der Waals surface area contributed by atoms with Crippen molar-refractivity contribution >= 4 is 5.97 Å². The van der Waals surface area contributed by atoms with Crippen LogP contribution in [0.25, 0.3) is 0 Å². The molecule has 0 heterocycles. The molecule has 0 aliphatic heterocycles. The van der Waals surface area contributed by atoms with Gasteiger partial charge in [0, 0.05) is 0 Å². The largest absolute Gasteiger partial charge is 0.508 e. The van der Waals surface area contributed by atoms with Gasteiger partial charge in [0.05, 0.1) is 0 Å². The van der Waals surface area contributed by atoms with Crippen molar-refractivity contribution in [3.8, 4) is 17.2 Å². The number of aryl methyl sites for hydroxylation is 1. The first-order valence-electron chi connectivity index (χ1n) is 9.22. The monoisotopic (exact) mass is 371 g/mol. The highest BCUT2D eigenvalue weighted by Gasteiger charge is 2.20. The fourth-order valence-corrected chi connectivity index (χ4v) is 2.98. The summed E-state index contributed by atoms with van der Waals surface area (Å²) in [6.07, 6.45) is 0.271. The Morgan fingerprint density at radius 3 is 2.07 bits per heavy atom. The summed E-state index contributed by atoms with van der Waals surface area (Å²) in [7, 11) is 0. The average molecular weight is 371 g/mol. The number of carboxylic acids is 1. The Labute approximate surface area is 160 Å². The van der Waals surface area contributed by atoms with Gasteiger partial charge in [0.15, 0.2) is 0 Å². The van der Waals surface area contributed by atoms with Gasteiger partial charge in [0.1, 0.15) is 23.3 Å². The molecule has 0 spiro atoms. The summed E-state index contributed by atoms with van der Waals surface area (Å²) in [5, 5.41) is 18.9. The zero-order chi connectivity index (χ0) is 20.3. The summed E-state index contributed by atoms with van der Waals surface area (Å²) >= 11 is 0. The van der Waals surface area contributed by atoms with Crippen LogP contribution in [0.1, 0.15) is 61.8 Å². The van der Waals surface area contributed by atoms with Crippen molar-refractivity contribution in [3.63, 3.8) is 0 Å². The molecular weight excluding hydrogens is 342 g/mol. The molecule has 0 saturated heterocycles. The van der Waals surface area contributed by atoms with Gasteiger partial charge in [0.2, 0.25) is 0 Å². The molecule has 0 aliphatic carbocycles. The molecule has 27 heavy (non-hydrogen) atoms. The van der Waals surface area contributed by atoms with E-state index in [4.69, 9.17) is 15.6 Å². The van der Waals surface area contributed by atoms with E-state index >= 15 is 0 Å². The smallest absolute Gasteiger partial charge is 0.320 e. The molecule has 1 atom stereocenters. The SMILES string of the molecule is Cc1cc(Oc2c(C(C)C)cc(C[C@H](N)C(=O)O)cc2C(C)C)ccc1O. The van der Waals surface area contributed by atoms with Crippen molar-refractivity contribution < 1.29 is 19.7 Å². The van der Waals surface area contributed by atoms with Gasteiger partial charge in [0.25, 0.3) is 0 Å². The maximum absolute atomic E-state index is 11.1. The second kappa shape index (κ2) is 8.44. The first-order valence-corrected chi connectivity index (χ1v) is 9.22. The van der Waals surface area contributed by atoms with Gasteiger partial charge in [-0.1, -0.05) is 39.8 Å². The summed E-state index contributed by atoms with van der Waals surface area (Å²) in [5.74, 6) is 1.05. The van der Waals surface area contributed by atoms with E-state index < -0.39 is 12.0 Å². The molecule has 0 saturated carbocycles. The molecule has 0 unspecified atom stereocenters. The summed E-state index contributed by atoms with van der Waals surface area (Å²) in [5.41, 5.74) is 9.40. The summed E-state index contributed by atoms with van der Waals surface area (Å²) in [6.45, 7) is 10.1. The lowest BCUT2D eigenvalue weighted by Crippen LogP contribution is -2.32. The zero-order valence-electron chi connectivity index (χ0n) is 16.6. The Morgan fingerprint density at radius 1 is 1.07 bits per heavy atom. The molecule has 2 aromatic carbocycles. The Balaban J connectivity index is 2.53. The minimum atomic E-state index is -1.01. The van der Waals surface area contributed by atoms with Crippen molar-refractivity contribution in [2.24, 2.45) is 5.73 Å². The van der Waals surface area contributed by atoms with E-state index in [0.29, 0.717) is 5.75 Å². The molecule has 5 heteroatoms. The van der Waals surface area contributed by atoms with Crippen LogP contribution in [-0.2, 0) is 11.2 Å². The number of phenolic OH excluding ortho intramolecular Hbond substituents is 1. The van der Waals surface area contributed by atoms with Crippen molar-refractivity contribution in [1.82, 2.24) is 0 Å². The van der Waals surface area contributed by atoms with Gasteiger partial charge in [-0.15, -0.1) is 0 Å². The lowest BCUT2D eigenvalue weighted by molar-refractivity contribution is -0.138. The van der Waals surface area contributed by atoms with E-state index in [0.717, 1.165) is 28.0 Å². The molecule has 0 bridgehead atoms. The number of carboxylic acid groups (broad SMARTS) is 1. The first-order chi connectivity index (χ1) is 12.6. The lowest BCUT2D eigenvalue weighted by atomic mass is 9.89. The molecule has 2 aromatic rings. The van der Waals surface area contributed by atoms with Crippen molar-refractivity contribution in [2.45, 2.75) is 58.9 Å². The van der Waals surface area contributed by atoms with Crippen LogP contribution in [-0.4, -0.2) is 22.2 Å². The number of rotatable bonds is 7. The van der Waals surface area contributed by atoms with E-state index in [-0.39, 0.29) is 24.0 Å². The predicted octanol–water partition coefficient (Wildman–Crippen LogP) is 4.69. The van der Waals surface area contributed by atoms with Crippen molar-refractivity contribution in [2.75, 3.05) is 0 Å². The number of benzene rings is 2. The second-order valence-electron chi connectivity index (χ2n) is 7.61. The van der Waals surface area contributed by atoms with Crippen LogP contribution in [0.2, 0.25) is 0 Å². The minimum absolute atomic E-state index is 0.191. The maximum atomic E-state index is 11.1. The maximum Gasteiger partial charge on any atom is 0.320 e. The molecule has 0 aromatic heterocycles. The van der Waals surface area contributed by atoms with Gasteiger partial charge >= 0.3 is 5.97 Å². The Bertz CT molecular complexity index is 798. The van der Waals surface area contributed by atoms with Crippen LogP contribution >= 0.6 is 0 Å². The Hall–Kier alpha value is -2.53. The molecule has 0 amide bonds. The van der Waals surface area contributed by atoms with Crippen LogP contribution in [0, 0.1) is 6.92 Å². The van der Waals surface area contributed by atoms with Gasteiger partial charge in [-0.25, -0.2) is 0 Å². The van der Waals surface area contributed by atoms with Crippen LogP contribution in [0.4, 0.5) is 0 Å². The molecule has 0 radical (unpaired) electrons. The van der Waals surface area contributed by atoms with Gasteiger partial charge in [-0.05, 0) is 65.6 Å². The lowest BCUT2D eigenvalue weighted by Gasteiger charge is -2.22. The Morgan fingerprint density at radius 2 is 1.63 bits per heavy atom. The van der Waals surface area contributed by atoms with Gasteiger partial charge in [-0.2, -0.15) is 0 Å². The predicted molar refractivity (Wildman–Crippen MR) is 107 cm³/mol. The van der Waals surface area contributed by atoms with Crippen molar-refractivity contribution in [3.05, 3.63) is 52.6 Å². The number of nitrogens with two attached hydrogens (primary N) is 1. The number of phenols is 1. The van der Waals surface area contributed by atoms with Crippen LogP contribution in [0.5, 0.6) is 17.2 Å². The highest BCUT2D eigenvalue weighted by atomic mass is 16.5. The fourth-order valence-electron chi connectivity index (χ4n) is 2.98. The Kier molecular flexibility index (Phi) is 6.50. The second-order valence-corrected chi connectivity index (χ2v) is 7.61. The summed E-state index contributed by atoms with van der Waals surface area (Å²) in [4.78, 5) is 11.1. The van der Waals surface area contributed by atoms with Crippen LogP contribution in [0.15, 0.2) is 30.3 Å². The van der Waals surface area contributed by atoms with Crippen LogP contribution < -0.4 is 10.5 Å². The molecule has 0 fully saturated rings. The van der Waals surface area contributed by atoms with E-state index in [2.05, 4.69) is 27.7 Å². The number of hydrogen-bond acceptors (Lipinski definition) is 4. The van der Waals surface area contributed by atoms with E-state index in [9.17, 15) is 9.90 Å². The molecule has 0 aliphatic rings. The zero-order valence-corrected chi connectivity index (χ0v) is 16.6. The molecule has 4 N–H and O–H groups in total. The molecule has 2 rings (SSSR count). The van der Waals surface area contributed by atoms with E-state index in [1.807, 2.05) is 19.1 Å². The van der Waals surface area contributed by atoms with E-state index in [1.165, 1.54) is 0 Å². The third kappa shape index (κ3) is 5.01. The number of hydrogen-bond donors (Lipinski definition) is 3. The average Bonchev–Trinajstić information content (AvgIpc) is 2.58. The standard InChI is InChI=1S/C22H29NO4/c1-12(2)17-9-15(11-19(23)22(25)26)10-18(13(3)4)21(17)27-16-6-7-20(24)14(5)8-16/h6-10,12-13,19,24H,11,23H2,1-5H3,(H,25,26)/t19-/m0/s1. The van der Waals surface area contributed by atoms with Crippen LogP contribution in [0.3, 0.4) is 0 Å². The first kappa shape index (κ1) is 20.8. The molecule has 146 valence electrons. The van der Waals surface area contributed by atoms with Gasteiger partial charge < -0.3 is 20.7 Å². The summed E-state index contributed by atoms with van der Waals surface area (Å²) < 4.78 is 6.25. The van der Waals surface area contributed by atoms with Crippen molar-refractivity contribution in [1.29, 1.82) is 0 Å². The van der Waals surface area contributed by atoms with E-state index in [1.54, 1.807) is 18.2 Å². The topological polar surface area (TPSA) is 92.8 Å². The number of aromatic hydroxyl groups is 1. The number of aliphatic carboxylic acids is 1. The summed E-state index contributed by atoms with van der Waals surface area (Å²) in [6, 6.07) is 8.21. The normalized spacial score (nSPS) is 12.4. The quantitative estimate of drug-likeness (QED) is 0.656.